The van der Waals surface area contributed by atoms with Gasteiger partial charge in [-0.05, 0) is 67.7 Å². The van der Waals surface area contributed by atoms with Gasteiger partial charge in [0.25, 0.3) is 5.91 Å². The Bertz CT molecular complexity index is 1300. The fraction of sp³-hybridized carbons (Fsp3) is 0.120. The lowest BCUT2D eigenvalue weighted by molar-refractivity contribution is -0.137. The molecule has 0 aliphatic carbocycles. The highest BCUT2D eigenvalue weighted by atomic mass is 32.1. The molecule has 1 aromatic heterocycles. The summed E-state index contributed by atoms with van der Waals surface area (Å²) in [6, 6.07) is 20.6. The van der Waals surface area contributed by atoms with Crippen LogP contribution in [0.2, 0.25) is 0 Å². The summed E-state index contributed by atoms with van der Waals surface area (Å²) in [6.45, 7) is 1.92. The van der Waals surface area contributed by atoms with Gasteiger partial charge in [0.2, 0.25) is 0 Å². The molecule has 1 amide bonds. The molecule has 0 aliphatic heterocycles. The lowest BCUT2D eigenvalue weighted by atomic mass is 10.1. The Morgan fingerprint density at radius 1 is 0.912 bits per heavy atom. The van der Waals surface area contributed by atoms with Gasteiger partial charge in [0.15, 0.2) is 5.11 Å². The number of hydrogen-bond acceptors (Lipinski definition) is 3. The van der Waals surface area contributed by atoms with E-state index in [1.54, 1.807) is 24.3 Å². The van der Waals surface area contributed by atoms with Crippen molar-refractivity contribution >= 4 is 45.6 Å². The Morgan fingerprint density at radius 3 is 2.21 bits per heavy atom. The molecule has 0 radical (unpaired) electrons. The maximum absolute atomic E-state index is 13.2. The molecule has 3 aromatic carbocycles. The van der Waals surface area contributed by atoms with Crippen LogP contribution in [0.25, 0.3) is 11.0 Å². The molecular formula is C25H20F3N3O2S. The molecule has 1 heterocycles. The van der Waals surface area contributed by atoms with Crippen LogP contribution < -0.4 is 16.0 Å². The van der Waals surface area contributed by atoms with Crippen LogP contribution in [0.4, 0.5) is 24.5 Å². The van der Waals surface area contributed by atoms with Gasteiger partial charge in [-0.15, -0.1) is 0 Å². The number of carbonyl (C=O) groups is 1. The molecule has 3 N–H and O–H groups in total. The van der Waals surface area contributed by atoms with Gasteiger partial charge < -0.3 is 20.4 Å². The highest BCUT2D eigenvalue weighted by Crippen LogP contribution is 2.32. The summed E-state index contributed by atoms with van der Waals surface area (Å²) in [5, 5.41) is 10.0. The number of thiocarbonyl (C=S) groups is 1. The summed E-state index contributed by atoms with van der Waals surface area (Å²) in [5.41, 5.74) is 0.355. The first-order chi connectivity index (χ1) is 16.2. The van der Waals surface area contributed by atoms with Gasteiger partial charge in [-0.1, -0.05) is 30.3 Å². The zero-order chi connectivity index (χ0) is 24.3. The molecule has 0 spiro atoms. The second-order valence-corrected chi connectivity index (χ2v) is 7.99. The molecule has 0 saturated heterocycles. The van der Waals surface area contributed by atoms with Crippen LogP contribution in [0, 0.1) is 0 Å². The van der Waals surface area contributed by atoms with Crippen molar-refractivity contribution in [2.75, 3.05) is 10.6 Å². The number of para-hydroxylation sites is 1. The minimum absolute atomic E-state index is 0.181. The van der Waals surface area contributed by atoms with Crippen LogP contribution in [0.1, 0.15) is 34.6 Å². The molecule has 5 nitrogen and oxygen atoms in total. The molecule has 1 atom stereocenters. The number of rotatable bonds is 5. The summed E-state index contributed by atoms with van der Waals surface area (Å²) >= 11 is 5.37. The normalized spacial score (nSPS) is 12.2. The van der Waals surface area contributed by atoms with Crippen molar-refractivity contribution in [1.29, 1.82) is 0 Å². The van der Waals surface area contributed by atoms with E-state index >= 15 is 0 Å². The fourth-order valence-electron chi connectivity index (χ4n) is 3.41. The van der Waals surface area contributed by atoms with Gasteiger partial charge in [0, 0.05) is 16.8 Å². The van der Waals surface area contributed by atoms with E-state index in [0.717, 1.165) is 28.9 Å². The predicted molar refractivity (Wildman–Crippen MR) is 130 cm³/mol. The number of anilines is 2. The van der Waals surface area contributed by atoms with E-state index in [0.29, 0.717) is 16.5 Å². The second kappa shape index (κ2) is 9.56. The van der Waals surface area contributed by atoms with E-state index in [-0.39, 0.29) is 6.04 Å². The van der Waals surface area contributed by atoms with Crippen molar-refractivity contribution in [3.63, 3.8) is 0 Å². The first-order valence-electron chi connectivity index (χ1n) is 10.3. The van der Waals surface area contributed by atoms with E-state index in [2.05, 4.69) is 16.0 Å². The van der Waals surface area contributed by atoms with Crippen LogP contribution in [-0.2, 0) is 6.18 Å². The van der Waals surface area contributed by atoms with Crippen molar-refractivity contribution in [3.8, 4) is 0 Å². The van der Waals surface area contributed by atoms with Gasteiger partial charge in [-0.25, -0.2) is 0 Å². The van der Waals surface area contributed by atoms with Crippen LogP contribution in [-0.4, -0.2) is 11.0 Å². The van der Waals surface area contributed by atoms with Crippen LogP contribution in [0.15, 0.2) is 83.3 Å². The Kier molecular flexibility index (Phi) is 6.56. The van der Waals surface area contributed by atoms with Crippen molar-refractivity contribution in [1.82, 2.24) is 5.32 Å². The first kappa shape index (κ1) is 23.3. The molecule has 4 aromatic rings. The monoisotopic (exact) mass is 483 g/mol. The SMILES string of the molecule is CC(NC(=S)Nc1ccc(NC(=O)c2ccccc2C(F)(F)F)cc1)c1cc2ccccc2o1. The molecule has 0 aliphatic rings. The summed E-state index contributed by atoms with van der Waals surface area (Å²) in [5.74, 6) is -0.104. The number of nitrogens with one attached hydrogen (secondary N) is 3. The summed E-state index contributed by atoms with van der Waals surface area (Å²) in [7, 11) is 0. The van der Waals surface area contributed by atoms with Gasteiger partial charge >= 0.3 is 6.18 Å². The Morgan fingerprint density at radius 2 is 1.53 bits per heavy atom. The molecule has 0 saturated carbocycles. The minimum atomic E-state index is -4.62. The maximum Gasteiger partial charge on any atom is 0.417 e. The average Bonchev–Trinajstić information content (AvgIpc) is 3.24. The topological polar surface area (TPSA) is 66.3 Å². The van der Waals surface area contributed by atoms with E-state index in [1.807, 2.05) is 37.3 Å². The average molecular weight is 484 g/mol. The number of alkyl halides is 3. The summed E-state index contributed by atoms with van der Waals surface area (Å²) in [6.07, 6.45) is -4.62. The summed E-state index contributed by atoms with van der Waals surface area (Å²) in [4.78, 5) is 12.4. The molecule has 0 bridgehead atoms. The zero-order valence-corrected chi connectivity index (χ0v) is 18.8. The molecule has 34 heavy (non-hydrogen) atoms. The predicted octanol–water partition coefficient (Wildman–Crippen LogP) is 6.75. The fourth-order valence-corrected chi connectivity index (χ4v) is 3.71. The largest absolute Gasteiger partial charge is 0.459 e. The van der Waals surface area contributed by atoms with E-state index in [9.17, 15) is 18.0 Å². The third-order valence-electron chi connectivity index (χ3n) is 5.10. The van der Waals surface area contributed by atoms with Gasteiger partial charge in [-0.2, -0.15) is 13.2 Å². The molecule has 174 valence electrons. The Hall–Kier alpha value is -3.85. The number of benzene rings is 3. The van der Waals surface area contributed by atoms with E-state index in [4.69, 9.17) is 16.6 Å². The first-order valence-corrected chi connectivity index (χ1v) is 10.7. The number of halogens is 3. The van der Waals surface area contributed by atoms with Crippen molar-refractivity contribution < 1.29 is 22.4 Å². The highest BCUT2D eigenvalue weighted by molar-refractivity contribution is 7.80. The van der Waals surface area contributed by atoms with Crippen LogP contribution >= 0.6 is 12.2 Å². The van der Waals surface area contributed by atoms with Crippen LogP contribution in [0.3, 0.4) is 0 Å². The van der Waals surface area contributed by atoms with E-state index < -0.39 is 23.2 Å². The summed E-state index contributed by atoms with van der Waals surface area (Å²) < 4.78 is 45.3. The highest BCUT2D eigenvalue weighted by Gasteiger charge is 2.34. The maximum atomic E-state index is 13.2. The number of fused-ring (bicyclic) bond motifs is 1. The second-order valence-electron chi connectivity index (χ2n) is 7.58. The van der Waals surface area contributed by atoms with Gasteiger partial charge in [0.05, 0.1) is 17.2 Å². The Labute approximate surface area is 199 Å². The van der Waals surface area contributed by atoms with Gasteiger partial charge in [-0.3, -0.25) is 4.79 Å². The third-order valence-corrected chi connectivity index (χ3v) is 5.32. The molecule has 4 rings (SSSR count). The molecule has 9 heteroatoms. The van der Waals surface area contributed by atoms with Crippen LogP contribution in [0.5, 0.6) is 0 Å². The van der Waals surface area contributed by atoms with Crippen molar-refractivity contribution in [3.05, 3.63) is 95.7 Å². The third kappa shape index (κ3) is 5.37. The number of carbonyl (C=O) groups excluding carboxylic acids is 1. The Balaban J connectivity index is 1.36. The minimum Gasteiger partial charge on any atom is -0.459 e. The molecular weight excluding hydrogens is 463 g/mol. The lowest BCUT2D eigenvalue weighted by Crippen LogP contribution is -2.30. The molecule has 0 fully saturated rings. The standard InChI is InChI=1S/C25H20F3N3O2S/c1-15(22-14-16-6-2-5-9-21(16)33-22)29-24(34)31-18-12-10-17(11-13-18)30-23(32)19-7-3-4-8-20(19)25(26,27)28/h2-15H,1H3,(H,30,32)(H2,29,31,34). The number of amides is 1. The zero-order valence-electron chi connectivity index (χ0n) is 17.9. The lowest BCUT2D eigenvalue weighted by Gasteiger charge is -2.16. The van der Waals surface area contributed by atoms with Gasteiger partial charge in [0.1, 0.15) is 11.3 Å². The van der Waals surface area contributed by atoms with Crippen molar-refractivity contribution in [2.24, 2.45) is 0 Å². The smallest absolute Gasteiger partial charge is 0.417 e. The number of hydrogen-bond donors (Lipinski definition) is 3. The quantitative estimate of drug-likeness (QED) is 0.274. The van der Waals surface area contributed by atoms with Crippen molar-refractivity contribution in [2.45, 2.75) is 19.1 Å². The molecule has 1 unspecified atom stereocenters. The van der Waals surface area contributed by atoms with E-state index in [1.165, 1.54) is 12.1 Å². The number of furan rings is 1.